The number of rotatable bonds is 7. The molecule has 1 heterocycles. The summed E-state index contributed by atoms with van der Waals surface area (Å²) in [5, 5.41) is 3.03. The van der Waals surface area contributed by atoms with Crippen molar-refractivity contribution in [3.8, 4) is 0 Å². The van der Waals surface area contributed by atoms with Gasteiger partial charge in [-0.1, -0.05) is 49.4 Å². The number of hydrogen-bond acceptors (Lipinski definition) is 5. The zero-order chi connectivity index (χ0) is 23.9. The Morgan fingerprint density at radius 1 is 0.853 bits per heavy atom. The Morgan fingerprint density at radius 3 is 2.18 bits per heavy atom. The first kappa shape index (κ1) is 23.5. The number of amides is 1. The van der Waals surface area contributed by atoms with Gasteiger partial charge in [-0.2, -0.15) is 0 Å². The van der Waals surface area contributed by atoms with Gasteiger partial charge in [0.1, 0.15) is 0 Å². The first-order valence-electron chi connectivity index (χ1n) is 11.7. The van der Waals surface area contributed by atoms with Crippen LogP contribution in [0.5, 0.6) is 0 Å². The number of piperazine rings is 1. The number of nitrogens with one attached hydrogen (secondary N) is 1. The summed E-state index contributed by atoms with van der Waals surface area (Å²) >= 11 is 0. The predicted molar refractivity (Wildman–Crippen MR) is 135 cm³/mol. The molecular weight excluding hydrogens is 426 g/mol. The van der Waals surface area contributed by atoms with E-state index in [1.54, 1.807) is 12.1 Å². The Balaban J connectivity index is 1.51. The van der Waals surface area contributed by atoms with Crippen LogP contribution in [0.25, 0.3) is 0 Å². The van der Waals surface area contributed by atoms with Crippen molar-refractivity contribution in [2.75, 3.05) is 43.5 Å². The van der Waals surface area contributed by atoms with E-state index in [0.717, 1.165) is 44.8 Å². The molecule has 3 aromatic carbocycles. The van der Waals surface area contributed by atoms with Crippen LogP contribution >= 0.6 is 0 Å². The lowest BCUT2D eigenvalue weighted by Gasteiger charge is -2.37. The monoisotopic (exact) mass is 457 g/mol. The molecular formula is C28H31N3O3. The summed E-state index contributed by atoms with van der Waals surface area (Å²) in [6, 6.07) is 23.4. The van der Waals surface area contributed by atoms with E-state index in [1.165, 1.54) is 18.2 Å². The Morgan fingerprint density at radius 2 is 1.53 bits per heavy atom. The van der Waals surface area contributed by atoms with Gasteiger partial charge in [0.2, 0.25) is 0 Å². The third-order valence-electron chi connectivity index (χ3n) is 6.25. The molecule has 0 radical (unpaired) electrons. The maximum atomic E-state index is 13.0. The first-order chi connectivity index (χ1) is 16.6. The van der Waals surface area contributed by atoms with Gasteiger partial charge in [-0.3, -0.25) is 9.69 Å². The van der Waals surface area contributed by atoms with E-state index in [4.69, 9.17) is 4.74 Å². The lowest BCUT2D eigenvalue weighted by molar-refractivity contribution is 0.0600. The number of methoxy groups -OCH3 is 1. The van der Waals surface area contributed by atoms with Crippen molar-refractivity contribution in [3.63, 3.8) is 0 Å². The molecule has 0 aromatic heterocycles. The highest BCUT2D eigenvalue weighted by Crippen LogP contribution is 2.29. The molecule has 6 nitrogen and oxygen atoms in total. The molecule has 3 aromatic rings. The van der Waals surface area contributed by atoms with Crippen LogP contribution < -0.4 is 10.2 Å². The normalized spacial score (nSPS) is 14.0. The van der Waals surface area contributed by atoms with E-state index in [9.17, 15) is 9.59 Å². The number of ether oxygens (including phenoxy) is 1. The molecule has 176 valence electrons. The van der Waals surface area contributed by atoms with E-state index >= 15 is 0 Å². The predicted octanol–water partition coefficient (Wildman–Crippen LogP) is 4.61. The van der Waals surface area contributed by atoms with Gasteiger partial charge >= 0.3 is 5.97 Å². The third-order valence-corrected chi connectivity index (χ3v) is 6.25. The quantitative estimate of drug-likeness (QED) is 0.525. The third kappa shape index (κ3) is 5.64. The van der Waals surface area contributed by atoms with Crippen LogP contribution in [0, 0.1) is 0 Å². The van der Waals surface area contributed by atoms with Crippen molar-refractivity contribution in [2.24, 2.45) is 0 Å². The van der Waals surface area contributed by atoms with E-state index in [1.807, 2.05) is 36.4 Å². The maximum Gasteiger partial charge on any atom is 0.337 e. The molecule has 34 heavy (non-hydrogen) atoms. The van der Waals surface area contributed by atoms with Crippen molar-refractivity contribution in [3.05, 3.63) is 95.1 Å². The van der Waals surface area contributed by atoms with E-state index < -0.39 is 5.97 Å². The van der Waals surface area contributed by atoms with Gasteiger partial charge in [-0.05, 0) is 47.9 Å². The highest BCUT2D eigenvalue weighted by molar-refractivity contribution is 6.06. The van der Waals surface area contributed by atoms with Crippen molar-refractivity contribution < 1.29 is 14.3 Å². The van der Waals surface area contributed by atoms with Crippen LogP contribution in [-0.4, -0.2) is 50.1 Å². The van der Waals surface area contributed by atoms with E-state index in [-0.39, 0.29) is 5.91 Å². The number of anilines is 2. The molecule has 6 heteroatoms. The minimum atomic E-state index is -0.429. The fourth-order valence-corrected chi connectivity index (χ4v) is 4.23. The number of nitrogens with zero attached hydrogens (tertiary/aromatic N) is 2. The molecule has 1 amide bonds. The lowest BCUT2D eigenvalue weighted by Crippen LogP contribution is -2.46. The summed E-state index contributed by atoms with van der Waals surface area (Å²) in [5.41, 5.74) is 5.00. The molecule has 0 atom stereocenters. The number of carbonyl (C=O) groups excluding carboxylic acids is 2. The minimum Gasteiger partial charge on any atom is -0.465 e. The van der Waals surface area contributed by atoms with Crippen LogP contribution in [0.1, 0.15) is 38.8 Å². The Bertz CT molecular complexity index is 1120. The average Bonchev–Trinajstić information content (AvgIpc) is 2.89. The molecule has 4 rings (SSSR count). The number of esters is 1. The van der Waals surface area contributed by atoms with Crippen LogP contribution in [0.3, 0.4) is 0 Å². The summed E-state index contributed by atoms with van der Waals surface area (Å²) in [5.74, 6) is -0.629. The fourth-order valence-electron chi connectivity index (χ4n) is 4.23. The highest BCUT2D eigenvalue weighted by atomic mass is 16.5. The largest absolute Gasteiger partial charge is 0.465 e. The molecule has 0 spiro atoms. The van der Waals surface area contributed by atoms with Gasteiger partial charge in [0.15, 0.2) is 0 Å². The van der Waals surface area contributed by atoms with Gasteiger partial charge in [0, 0.05) is 38.3 Å². The van der Waals surface area contributed by atoms with Crippen LogP contribution in [0.4, 0.5) is 11.4 Å². The summed E-state index contributed by atoms with van der Waals surface area (Å²) in [4.78, 5) is 29.8. The number of aryl methyl sites for hydroxylation is 1. The molecule has 0 saturated carbocycles. The standard InChI is InChI=1S/C28H31N3O3/c1-3-21-9-11-23(12-10-21)27(32)29-25-19-24(28(33)34-2)13-14-26(25)31-17-15-30(16-18-31)20-22-7-5-4-6-8-22/h4-14,19H,3,15-18,20H2,1-2H3,(H,29,32). The molecule has 1 N–H and O–H groups in total. The second-order valence-corrected chi connectivity index (χ2v) is 8.48. The molecule has 0 bridgehead atoms. The van der Waals surface area contributed by atoms with Gasteiger partial charge < -0.3 is 15.0 Å². The summed E-state index contributed by atoms with van der Waals surface area (Å²) < 4.78 is 4.89. The topological polar surface area (TPSA) is 61.9 Å². The Labute approximate surface area is 201 Å². The average molecular weight is 458 g/mol. The van der Waals surface area contributed by atoms with Crippen molar-refractivity contribution in [2.45, 2.75) is 19.9 Å². The second-order valence-electron chi connectivity index (χ2n) is 8.48. The van der Waals surface area contributed by atoms with Crippen LogP contribution in [0.15, 0.2) is 72.8 Å². The Hall–Kier alpha value is -3.64. The second kappa shape index (κ2) is 11.0. The zero-order valence-corrected chi connectivity index (χ0v) is 19.8. The van der Waals surface area contributed by atoms with Crippen molar-refractivity contribution >= 4 is 23.3 Å². The molecule has 1 fully saturated rings. The summed E-state index contributed by atoms with van der Waals surface area (Å²) in [6.45, 7) is 6.50. The Kier molecular flexibility index (Phi) is 7.60. The summed E-state index contributed by atoms with van der Waals surface area (Å²) in [6.07, 6.45) is 0.920. The molecule has 1 aliphatic heterocycles. The molecule has 1 saturated heterocycles. The SMILES string of the molecule is CCc1ccc(C(=O)Nc2cc(C(=O)OC)ccc2N2CCN(Cc3ccccc3)CC2)cc1. The van der Waals surface area contributed by atoms with Crippen molar-refractivity contribution in [1.29, 1.82) is 0 Å². The van der Waals surface area contributed by atoms with Crippen LogP contribution in [0.2, 0.25) is 0 Å². The first-order valence-corrected chi connectivity index (χ1v) is 11.7. The van der Waals surface area contributed by atoms with E-state index in [2.05, 4.69) is 46.3 Å². The lowest BCUT2D eigenvalue weighted by atomic mass is 10.1. The number of benzene rings is 3. The highest BCUT2D eigenvalue weighted by Gasteiger charge is 2.22. The molecule has 0 aliphatic carbocycles. The molecule has 0 unspecified atom stereocenters. The zero-order valence-electron chi connectivity index (χ0n) is 19.8. The van der Waals surface area contributed by atoms with Gasteiger partial charge in [0.25, 0.3) is 5.91 Å². The smallest absolute Gasteiger partial charge is 0.337 e. The summed E-state index contributed by atoms with van der Waals surface area (Å²) in [7, 11) is 1.36. The fraction of sp³-hybridized carbons (Fsp3) is 0.286. The van der Waals surface area contributed by atoms with Crippen LogP contribution in [-0.2, 0) is 17.7 Å². The van der Waals surface area contributed by atoms with E-state index in [0.29, 0.717) is 16.8 Å². The minimum absolute atomic E-state index is 0.200. The molecule has 1 aliphatic rings. The maximum absolute atomic E-state index is 13.0. The number of carbonyl (C=O) groups is 2. The number of hydrogen-bond donors (Lipinski definition) is 1. The van der Waals surface area contributed by atoms with Gasteiger partial charge in [-0.15, -0.1) is 0 Å². The van der Waals surface area contributed by atoms with Crippen molar-refractivity contribution in [1.82, 2.24) is 4.90 Å². The van der Waals surface area contributed by atoms with Gasteiger partial charge in [0.05, 0.1) is 24.0 Å². The van der Waals surface area contributed by atoms with Gasteiger partial charge in [-0.25, -0.2) is 4.79 Å².